The molecular formula is C14H14ClN3O2. The van der Waals surface area contributed by atoms with Crippen LogP contribution in [0.5, 0.6) is 5.75 Å². The van der Waals surface area contributed by atoms with Gasteiger partial charge in [0.25, 0.3) is 0 Å². The Hall–Kier alpha value is -2.27. The molecular weight excluding hydrogens is 278 g/mol. The second-order valence-corrected chi connectivity index (χ2v) is 4.49. The highest BCUT2D eigenvalue weighted by molar-refractivity contribution is 6.34. The van der Waals surface area contributed by atoms with E-state index in [-0.39, 0.29) is 5.84 Å². The van der Waals surface area contributed by atoms with E-state index >= 15 is 0 Å². The predicted molar refractivity (Wildman–Crippen MR) is 77.4 cm³/mol. The van der Waals surface area contributed by atoms with Crippen LogP contribution in [0.15, 0.2) is 47.9 Å². The maximum absolute atomic E-state index is 8.62. The minimum absolute atomic E-state index is 0.0306. The molecule has 0 aliphatic rings. The summed E-state index contributed by atoms with van der Waals surface area (Å²) in [7, 11) is 0. The molecule has 0 amide bonds. The molecule has 2 aromatic rings. The number of hydrogen-bond donors (Lipinski definition) is 2. The molecule has 1 heterocycles. The van der Waals surface area contributed by atoms with Crippen LogP contribution in [0.1, 0.15) is 11.1 Å². The molecule has 1 aromatic carbocycles. The van der Waals surface area contributed by atoms with Crippen LogP contribution in [-0.4, -0.2) is 22.6 Å². The summed E-state index contributed by atoms with van der Waals surface area (Å²) >= 11 is 6.04. The average Bonchev–Trinajstić information content (AvgIpc) is 2.48. The molecule has 3 N–H and O–H groups in total. The zero-order valence-corrected chi connectivity index (χ0v) is 11.4. The second-order valence-electron chi connectivity index (χ2n) is 4.09. The van der Waals surface area contributed by atoms with E-state index in [0.29, 0.717) is 22.9 Å². The van der Waals surface area contributed by atoms with Gasteiger partial charge < -0.3 is 15.7 Å². The van der Waals surface area contributed by atoms with Crippen LogP contribution < -0.4 is 10.5 Å². The summed E-state index contributed by atoms with van der Waals surface area (Å²) in [6, 6.07) is 8.89. The molecule has 0 aliphatic carbocycles. The van der Waals surface area contributed by atoms with Crippen molar-refractivity contribution in [3.63, 3.8) is 0 Å². The topological polar surface area (TPSA) is 80.7 Å². The summed E-state index contributed by atoms with van der Waals surface area (Å²) in [5.74, 6) is 0.602. The Labute approximate surface area is 121 Å². The summed E-state index contributed by atoms with van der Waals surface area (Å²) in [4.78, 5) is 4.04. The molecule has 5 nitrogen and oxygen atoms in total. The Morgan fingerprint density at radius 2 is 2.25 bits per heavy atom. The van der Waals surface area contributed by atoms with Crippen molar-refractivity contribution in [3.05, 3.63) is 58.9 Å². The van der Waals surface area contributed by atoms with E-state index in [1.54, 1.807) is 30.6 Å². The number of oxime groups is 1. The number of nitrogens with zero attached hydrogens (tertiary/aromatic N) is 2. The van der Waals surface area contributed by atoms with Crippen molar-refractivity contribution < 1.29 is 9.94 Å². The predicted octanol–water partition coefficient (Wildman–Crippen LogP) is 2.45. The third kappa shape index (κ3) is 3.61. The van der Waals surface area contributed by atoms with Gasteiger partial charge in [-0.2, -0.15) is 0 Å². The van der Waals surface area contributed by atoms with Crippen LogP contribution >= 0.6 is 11.6 Å². The van der Waals surface area contributed by atoms with E-state index in [9.17, 15) is 0 Å². The summed E-state index contributed by atoms with van der Waals surface area (Å²) in [6.45, 7) is 0.519. The molecule has 0 fully saturated rings. The van der Waals surface area contributed by atoms with E-state index < -0.39 is 0 Å². The van der Waals surface area contributed by atoms with Crippen molar-refractivity contribution in [2.24, 2.45) is 10.9 Å². The molecule has 0 atom stereocenters. The van der Waals surface area contributed by atoms with Gasteiger partial charge in [0.05, 0.1) is 11.6 Å². The molecule has 104 valence electrons. The SMILES string of the molecule is N/C(=N/O)c1ccc(OCCc2cccnc2)cc1Cl. The van der Waals surface area contributed by atoms with E-state index in [1.807, 2.05) is 12.1 Å². The number of ether oxygens (including phenoxy) is 1. The van der Waals surface area contributed by atoms with Gasteiger partial charge in [-0.3, -0.25) is 4.98 Å². The van der Waals surface area contributed by atoms with Crippen molar-refractivity contribution in [2.45, 2.75) is 6.42 Å². The maximum Gasteiger partial charge on any atom is 0.171 e. The van der Waals surface area contributed by atoms with Gasteiger partial charge in [-0.1, -0.05) is 22.8 Å². The fourth-order valence-electron chi connectivity index (χ4n) is 1.68. The van der Waals surface area contributed by atoms with Gasteiger partial charge in [-0.05, 0) is 29.8 Å². The lowest BCUT2D eigenvalue weighted by molar-refractivity contribution is 0.318. The number of aromatic nitrogens is 1. The van der Waals surface area contributed by atoms with Gasteiger partial charge in [-0.25, -0.2) is 0 Å². The summed E-state index contributed by atoms with van der Waals surface area (Å²) in [5.41, 5.74) is 7.06. The number of hydrogen-bond acceptors (Lipinski definition) is 4. The van der Waals surface area contributed by atoms with Crippen molar-refractivity contribution in [1.82, 2.24) is 4.98 Å². The van der Waals surface area contributed by atoms with Crippen molar-refractivity contribution in [2.75, 3.05) is 6.61 Å². The lowest BCUT2D eigenvalue weighted by Gasteiger charge is -2.08. The van der Waals surface area contributed by atoms with Crippen LogP contribution in [0, 0.1) is 0 Å². The zero-order chi connectivity index (χ0) is 14.4. The van der Waals surface area contributed by atoms with Crippen molar-refractivity contribution in [3.8, 4) is 5.75 Å². The number of halogens is 1. The third-order valence-corrected chi connectivity index (χ3v) is 3.02. The van der Waals surface area contributed by atoms with Crippen molar-refractivity contribution >= 4 is 17.4 Å². The normalized spacial score (nSPS) is 11.3. The molecule has 0 unspecified atom stereocenters. The first-order valence-corrected chi connectivity index (χ1v) is 6.37. The standard InChI is InChI=1S/C14H14ClN3O2/c15-13-8-11(3-4-12(13)14(16)18-19)20-7-5-10-2-1-6-17-9-10/h1-4,6,8-9,19H,5,7H2,(H2,16,18). The minimum Gasteiger partial charge on any atom is -0.493 e. The summed E-state index contributed by atoms with van der Waals surface area (Å²) in [6.07, 6.45) is 4.29. The van der Waals surface area contributed by atoms with Crippen molar-refractivity contribution in [1.29, 1.82) is 0 Å². The lowest BCUT2D eigenvalue weighted by Crippen LogP contribution is -2.13. The summed E-state index contributed by atoms with van der Waals surface area (Å²) < 4.78 is 5.60. The molecule has 20 heavy (non-hydrogen) atoms. The second kappa shape index (κ2) is 6.77. The summed E-state index contributed by atoms with van der Waals surface area (Å²) in [5, 5.41) is 11.9. The molecule has 0 spiro atoms. The van der Waals surface area contributed by atoms with Gasteiger partial charge in [0.15, 0.2) is 5.84 Å². The van der Waals surface area contributed by atoms with E-state index in [1.165, 1.54) is 0 Å². The number of amidine groups is 1. The lowest BCUT2D eigenvalue weighted by atomic mass is 10.2. The van der Waals surface area contributed by atoms with E-state index in [2.05, 4.69) is 10.1 Å². The fraction of sp³-hybridized carbons (Fsp3) is 0.143. The Bertz CT molecular complexity index is 603. The highest BCUT2D eigenvalue weighted by Crippen LogP contribution is 2.22. The van der Waals surface area contributed by atoms with Crippen LogP contribution in [0.25, 0.3) is 0 Å². The average molecular weight is 292 g/mol. The Morgan fingerprint density at radius 1 is 1.40 bits per heavy atom. The van der Waals surface area contributed by atoms with E-state index in [0.717, 1.165) is 12.0 Å². The first-order chi connectivity index (χ1) is 9.70. The van der Waals surface area contributed by atoms with E-state index in [4.69, 9.17) is 27.3 Å². The largest absolute Gasteiger partial charge is 0.493 e. The minimum atomic E-state index is -0.0306. The van der Waals surface area contributed by atoms with Gasteiger partial charge in [0.1, 0.15) is 5.75 Å². The Morgan fingerprint density at radius 3 is 2.90 bits per heavy atom. The molecule has 0 bridgehead atoms. The molecule has 0 saturated heterocycles. The van der Waals surface area contributed by atoms with Crippen LogP contribution in [-0.2, 0) is 6.42 Å². The quantitative estimate of drug-likeness (QED) is 0.384. The van der Waals surface area contributed by atoms with Gasteiger partial charge in [-0.15, -0.1) is 0 Å². The number of pyridine rings is 1. The number of rotatable bonds is 5. The third-order valence-electron chi connectivity index (χ3n) is 2.71. The monoisotopic (exact) mass is 291 g/mol. The van der Waals surface area contributed by atoms with Crippen LogP contribution in [0.4, 0.5) is 0 Å². The Kier molecular flexibility index (Phi) is 4.79. The number of benzene rings is 1. The zero-order valence-electron chi connectivity index (χ0n) is 10.7. The Balaban J connectivity index is 1.96. The molecule has 6 heteroatoms. The molecule has 0 saturated carbocycles. The van der Waals surface area contributed by atoms with Crippen LogP contribution in [0.3, 0.4) is 0 Å². The molecule has 0 aliphatic heterocycles. The molecule has 0 radical (unpaired) electrons. The molecule has 2 rings (SSSR count). The first-order valence-electron chi connectivity index (χ1n) is 6.00. The number of nitrogens with two attached hydrogens (primary N) is 1. The molecule has 1 aromatic heterocycles. The smallest absolute Gasteiger partial charge is 0.171 e. The van der Waals surface area contributed by atoms with Gasteiger partial charge in [0.2, 0.25) is 0 Å². The maximum atomic E-state index is 8.62. The fourth-order valence-corrected chi connectivity index (χ4v) is 1.95. The first kappa shape index (κ1) is 14.1. The van der Waals surface area contributed by atoms with Gasteiger partial charge in [0, 0.05) is 24.4 Å². The highest BCUT2D eigenvalue weighted by atomic mass is 35.5. The van der Waals surface area contributed by atoms with Gasteiger partial charge >= 0.3 is 0 Å². The van der Waals surface area contributed by atoms with Crippen LogP contribution in [0.2, 0.25) is 5.02 Å². The highest BCUT2D eigenvalue weighted by Gasteiger charge is 2.07.